The first kappa shape index (κ1) is 18.1. The average Bonchev–Trinajstić information content (AvgIpc) is 3.07. The van der Waals surface area contributed by atoms with Crippen LogP contribution in [-0.2, 0) is 22.4 Å². The second-order valence-corrected chi connectivity index (χ2v) is 6.58. The third-order valence-electron chi connectivity index (χ3n) is 4.76. The molecular formula is C19H25N5O2. The zero-order valence-electron chi connectivity index (χ0n) is 14.9. The number of aromatic amines is 1. The van der Waals surface area contributed by atoms with Crippen molar-refractivity contribution in [3.63, 3.8) is 0 Å². The smallest absolute Gasteiger partial charge is 0.222 e. The Labute approximate surface area is 153 Å². The Kier molecular flexibility index (Phi) is 6.35. The number of rotatable bonds is 6. The van der Waals surface area contributed by atoms with E-state index in [-0.39, 0.29) is 11.8 Å². The Hall–Kier alpha value is -2.70. The van der Waals surface area contributed by atoms with E-state index in [4.69, 9.17) is 0 Å². The molecule has 2 amide bonds. The SMILES string of the molecule is O=C(CCc1ccncc1)N1CCCN(C(=O)CCc2cn[nH]c2)CC1. The number of H-pyrrole nitrogens is 1. The molecule has 2 aromatic heterocycles. The molecule has 1 aliphatic rings. The summed E-state index contributed by atoms with van der Waals surface area (Å²) in [7, 11) is 0. The van der Waals surface area contributed by atoms with Gasteiger partial charge in [0.15, 0.2) is 0 Å². The summed E-state index contributed by atoms with van der Waals surface area (Å²) in [6, 6.07) is 3.88. The Balaban J connectivity index is 1.43. The van der Waals surface area contributed by atoms with Crippen LogP contribution in [-0.4, -0.2) is 63.0 Å². The fourth-order valence-corrected chi connectivity index (χ4v) is 3.20. The van der Waals surface area contributed by atoms with Crippen molar-refractivity contribution in [3.05, 3.63) is 48.0 Å². The van der Waals surface area contributed by atoms with Gasteiger partial charge in [-0.3, -0.25) is 19.7 Å². The molecule has 0 spiro atoms. The van der Waals surface area contributed by atoms with Gasteiger partial charge in [0.05, 0.1) is 6.20 Å². The highest BCUT2D eigenvalue weighted by Gasteiger charge is 2.21. The Morgan fingerprint density at radius 2 is 1.54 bits per heavy atom. The summed E-state index contributed by atoms with van der Waals surface area (Å²) in [5, 5.41) is 6.66. The zero-order chi connectivity index (χ0) is 18.2. The van der Waals surface area contributed by atoms with E-state index in [0.717, 1.165) is 37.1 Å². The summed E-state index contributed by atoms with van der Waals surface area (Å²) in [6.07, 6.45) is 10.3. The van der Waals surface area contributed by atoms with E-state index in [9.17, 15) is 9.59 Å². The first-order chi connectivity index (χ1) is 12.7. The lowest BCUT2D eigenvalue weighted by atomic mass is 10.1. The number of amides is 2. The minimum atomic E-state index is 0.150. The van der Waals surface area contributed by atoms with E-state index in [0.29, 0.717) is 32.4 Å². The summed E-state index contributed by atoms with van der Waals surface area (Å²) in [5.41, 5.74) is 2.17. The van der Waals surface area contributed by atoms with Crippen LogP contribution in [0.3, 0.4) is 0 Å². The number of nitrogens with zero attached hydrogens (tertiary/aromatic N) is 4. The highest BCUT2D eigenvalue weighted by atomic mass is 16.2. The second-order valence-electron chi connectivity index (χ2n) is 6.58. The van der Waals surface area contributed by atoms with Crippen LogP contribution in [0.2, 0.25) is 0 Å². The van der Waals surface area contributed by atoms with Gasteiger partial charge in [0.25, 0.3) is 0 Å². The van der Waals surface area contributed by atoms with Gasteiger partial charge in [-0.25, -0.2) is 0 Å². The molecule has 7 heteroatoms. The molecule has 0 atom stereocenters. The number of carbonyl (C=O) groups is 2. The van der Waals surface area contributed by atoms with Gasteiger partial charge < -0.3 is 9.80 Å². The molecule has 1 fully saturated rings. The number of aromatic nitrogens is 3. The van der Waals surface area contributed by atoms with Gasteiger partial charge in [0, 0.05) is 57.6 Å². The number of pyridine rings is 1. The zero-order valence-corrected chi connectivity index (χ0v) is 14.9. The van der Waals surface area contributed by atoms with Crippen LogP contribution in [0.1, 0.15) is 30.4 Å². The number of carbonyl (C=O) groups excluding carboxylic acids is 2. The van der Waals surface area contributed by atoms with Gasteiger partial charge in [-0.2, -0.15) is 5.10 Å². The lowest BCUT2D eigenvalue weighted by molar-refractivity contribution is -0.133. The molecule has 0 saturated carbocycles. The van der Waals surface area contributed by atoms with Gasteiger partial charge >= 0.3 is 0 Å². The number of hydrogen-bond acceptors (Lipinski definition) is 4. The predicted molar refractivity (Wildman–Crippen MR) is 97.2 cm³/mol. The fourth-order valence-electron chi connectivity index (χ4n) is 3.20. The minimum Gasteiger partial charge on any atom is -0.341 e. The number of hydrogen-bond donors (Lipinski definition) is 1. The molecule has 0 unspecified atom stereocenters. The molecular weight excluding hydrogens is 330 g/mol. The topological polar surface area (TPSA) is 82.2 Å². The second kappa shape index (κ2) is 9.12. The van der Waals surface area contributed by atoms with Crippen LogP contribution in [0, 0.1) is 0 Å². The lowest BCUT2D eigenvalue weighted by Crippen LogP contribution is -2.37. The van der Waals surface area contributed by atoms with Crippen LogP contribution in [0.4, 0.5) is 0 Å². The van der Waals surface area contributed by atoms with E-state index in [2.05, 4.69) is 15.2 Å². The molecule has 0 bridgehead atoms. The first-order valence-electron chi connectivity index (χ1n) is 9.14. The molecule has 0 aliphatic carbocycles. The molecule has 2 aromatic rings. The van der Waals surface area contributed by atoms with E-state index < -0.39 is 0 Å². The van der Waals surface area contributed by atoms with Crippen molar-refractivity contribution in [2.75, 3.05) is 26.2 Å². The van der Waals surface area contributed by atoms with Crippen LogP contribution in [0.5, 0.6) is 0 Å². The van der Waals surface area contributed by atoms with Crippen molar-refractivity contribution < 1.29 is 9.59 Å². The van der Waals surface area contributed by atoms with E-state index in [1.165, 1.54) is 0 Å². The summed E-state index contributed by atoms with van der Waals surface area (Å²) < 4.78 is 0. The summed E-state index contributed by atoms with van der Waals surface area (Å²) in [5.74, 6) is 0.312. The summed E-state index contributed by atoms with van der Waals surface area (Å²) in [4.78, 5) is 32.7. The molecule has 26 heavy (non-hydrogen) atoms. The van der Waals surface area contributed by atoms with E-state index in [1.54, 1.807) is 18.6 Å². The van der Waals surface area contributed by atoms with Crippen molar-refractivity contribution in [2.45, 2.75) is 32.1 Å². The molecule has 1 N–H and O–H groups in total. The minimum absolute atomic E-state index is 0.150. The quantitative estimate of drug-likeness (QED) is 0.850. The van der Waals surface area contributed by atoms with Gasteiger partial charge in [-0.1, -0.05) is 0 Å². The molecule has 0 aromatic carbocycles. The normalized spacial score (nSPS) is 14.9. The molecule has 3 heterocycles. The maximum atomic E-state index is 12.5. The third kappa shape index (κ3) is 5.15. The maximum absolute atomic E-state index is 12.5. The third-order valence-corrected chi connectivity index (χ3v) is 4.76. The van der Waals surface area contributed by atoms with Gasteiger partial charge in [-0.05, 0) is 42.5 Å². The fraction of sp³-hybridized carbons (Fsp3) is 0.474. The Bertz CT molecular complexity index is 702. The average molecular weight is 355 g/mol. The van der Waals surface area contributed by atoms with E-state index in [1.807, 2.05) is 28.1 Å². The summed E-state index contributed by atoms with van der Waals surface area (Å²) >= 11 is 0. The number of aryl methyl sites for hydroxylation is 2. The monoisotopic (exact) mass is 355 g/mol. The Morgan fingerprint density at radius 3 is 2.12 bits per heavy atom. The van der Waals surface area contributed by atoms with Crippen LogP contribution < -0.4 is 0 Å². The molecule has 3 rings (SSSR count). The predicted octanol–water partition coefficient (Wildman–Crippen LogP) is 1.43. The lowest BCUT2D eigenvalue weighted by Gasteiger charge is -2.22. The van der Waals surface area contributed by atoms with Crippen molar-refractivity contribution in [3.8, 4) is 0 Å². The molecule has 1 saturated heterocycles. The summed E-state index contributed by atoms with van der Waals surface area (Å²) in [6.45, 7) is 2.68. The largest absolute Gasteiger partial charge is 0.341 e. The van der Waals surface area contributed by atoms with Crippen molar-refractivity contribution >= 4 is 11.8 Å². The highest BCUT2D eigenvalue weighted by Crippen LogP contribution is 2.10. The molecule has 7 nitrogen and oxygen atoms in total. The standard InChI is InChI=1S/C19H25N5O2/c25-18(4-2-16-6-8-20-9-7-16)23-10-1-11-24(13-12-23)19(26)5-3-17-14-21-22-15-17/h6-9,14-15H,1-5,10-13H2,(H,21,22). The van der Waals surface area contributed by atoms with Gasteiger partial charge in [0.1, 0.15) is 0 Å². The van der Waals surface area contributed by atoms with Crippen LogP contribution >= 0.6 is 0 Å². The van der Waals surface area contributed by atoms with E-state index >= 15 is 0 Å². The maximum Gasteiger partial charge on any atom is 0.222 e. The van der Waals surface area contributed by atoms with Crippen molar-refractivity contribution in [1.29, 1.82) is 0 Å². The van der Waals surface area contributed by atoms with Crippen molar-refractivity contribution in [2.24, 2.45) is 0 Å². The highest BCUT2D eigenvalue weighted by molar-refractivity contribution is 5.78. The van der Waals surface area contributed by atoms with Gasteiger partial charge in [-0.15, -0.1) is 0 Å². The molecule has 1 aliphatic heterocycles. The first-order valence-corrected chi connectivity index (χ1v) is 9.14. The van der Waals surface area contributed by atoms with Crippen LogP contribution in [0.15, 0.2) is 36.9 Å². The Morgan fingerprint density at radius 1 is 0.923 bits per heavy atom. The molecule has 138 valence electrons. The number of nitrogens with one attached hydrogen (secondary N) is 1. The molecule has 0 radical (unpaired) electrons. The van der Waals surface area contributed by atoms with Crippen LogP contribution in [0.25, 0.3) is 0 Å². The van der Waals surface area contributed by atoms with Gasteiger partial charge in [0.2, 0.25) is 11.8 Å². The van der Waals surface area contributed by atoms with Crippen molar-refractivity contribution in [1.82, 2.24) is 25.0 Å².